The second-order valence-corrected chi connectivity index (χ2v) is 4.41. The first-order chi connectivity index (χ1) is 8.04. The molecule has 0 aliphatic carbocycles. The van der Waals surface area contributed by atoms with Crippen LogP contribution >= 0.6 is 0 Å². The molecule has 0 heterocycles. The second-order valence-electron chi connectivity index (χ2n) is 4.41. The summed E-state index contributed by atoms with van der Waals surface area (Å²) in [5.41, 5.74) is 2.59. The van der Waals surface area contributed by atoms with Crippen LogP contribution in [0.2, 0.25) is 0 Å². The smallest absolute Gasteiger partial charge is 0.320 e. The van der Waals surface area contributed by atoms with E-state index >= 15 is 0 Å². The molecule has 94 valence electrons. The average Bonchev–Trinajstić information content (AvgIpc) is 2.35. The molecule has 1 atom stereocenters. The van der Waals surface area contributed by atoms with E-state index in [2.05, 4.69) is 31.2 Å². The Balaban J connectivity index is 2.47. The van der Waals surface area contributed by atoms with Crippen LogP contribution in [0.4, 0.5) is 0 Å². The Morgan fingerprint density at radius 3 is 2.29 bits per heavy atom. The zero-order valence-corrected chi connectivity index (χ0v) is 10.8. The number of benzene rings is 1. The van der Waals surface area contributed by atoms with Gasteiger partial charge in [-0.1, -0.05) is 31.2 Å². The predicted octanol–water partition coefficient (Wildman–Crippen LogP) is 2.20. The molecule has 0 aromatic heterocycles. The molecule has 1 N–H and O–H groups in total. The highest BCUT2D eigenvalue weighted by molar-refractivity contribution is 5.72. The molecule has 0 radical (unpaired) electrons. The van der Waals surface area contributed by atoms with Crippen molar-refractivity contribution in [2.24, 2.45) is 0 Å². The molecule has 0 amide bonds. The first-order valence-corrected chi connectivity index (χ1v) is 6.05. The van der Waals surface area contributed by atoms with Gasteiger partial charge in [0.1, 0.15) is 6.04 Å². The number of aryl methyl sites for hydroxylation is 1. The topological polar surface area (TPSA) is 40.5 Å². The van der Waals surface area contributed by atoms with Gasteiger partial charge in [-0.25, -0.2) is 0 Å². The lowest BCUT2D eigenvalue weighted by Gasteiger charge is -2.20. The van der Waals surface area contributed by atoms with Gasteiger partial charge in [0.05, 0.1) is 0 Å². The van der Waals surface area contributed by atoms with Crippen molar-refractivity contribution in [2.45, 2.75) is 32.7 Å². The van der Waals surface area contributed by atoms with Gasteiger partial charge in [0.25, 0.3) is 0 Å². The lowest BCUT2D eigenvalue weighted by atomic mass is 10.1. The van der Waals surface area contributed by atoms with Gasteiger partial charge in [-0.05, 0) is 37.9 Å². The minimum Gasteiger partial charge on any atom is -0.480 e. The van der Waals surface area contributed by atoms with Crippen LogP contribution in [0.1, 0.15) is 25.0 Å². The van der Waals surface area contributed by atoms with Crippen LogP contribution in [0.25, 0.3) is 0 Å². The highest BCUT2D eigenvalue weighted by Gasteiger charge is 2.15. The van der Waals surface area contributed by atoms with Gasteiger partial charge < -0.3 is 5.11 Å². The van der Waals surface area contributed by atoms with Crippen molar-refractivity contribution < 1.29 is 9.90 Å². The second kappa shape index (κ2) is 6.40. The van der Waals surface area contributed by atoms with Crippen LogP contribution in [0.15, 0.2) is 24.3 Å². The summed E-state index contributed by atoms with van der Waals surface area (Å²) in [5, 5.41) is 8.88. The Kier molecular flexibility index (Phi) is 5.16. The maximum Gasteiger partial charge on any atom is 0.320 e. The van der Waals surface area contributed by atoms with E-state index in [0.29, 0.717) is 0 Å². The van der Waals surface area contributed by atoms with Gasteiger partial charge in [-0.3, -0.25) is 9.69 Å². The van der Waals surface area contributed by atoms with Crippen molar-refractivity contribution in [3.05, 3.63) is 35.4 Å². The Bertz CT molecular complexity index is 359. The summed E-state index contributed by atoms with van der Waals surface area (Å²) in [7, 11) is 1.85. The van der Waals surface area contributed by atoms with Crippen molar-refractivity contribution in [3.8, 4) is 0 Å². The van der Waals surface area contributed by atoms with Crippen LogP contribution in [0.3, 0.4) is 0 Å². The van der Waals surface area contributed by atoms with Gasteiger partial charge in [0.2, 0.25) is 0 Å². The highest BCUT2D eigenvalue weighted by atomic mass is 16.4. The number of hydrogen-bond acceptors (Lipinski definition) is 2. The van der Waals surface area contributed by atoms with E-state index in [1.165, 1.54) is 11.1 Å². The molecule has 0 aliphatic heterocycles. The maximum atomic E-state index is 10.8. The normalized spacial score (nSPS) is 12.7. The zero-order valence-electron chi connectivity index (χ0n) is 10.8. The summed E-state index contributed by atoms with van der Waals surface area (Å²) in [6.07, 6.45) is 1.94. The number of carbonyl (C=O) groups is 1. The van der Waals surface area contributed by atoms with Gasteiger partial charge in [-0.15, -0.1) is 0 Å². The minimum absolute atomic E-state index is 0.426. The Labute approximate surface area is 103 Å². The fourth-order valence-electron chi connectivity index (χ4n) is 1.63. The number of nitrogens with zero attached hydrogens (tertiary/aromatic N) is 1. The standard InChI is InChI=1S/C14H21NO2/c1-4-12-5-7-13(8-6-12)9-10-15(3)11(2)14(16)17/h5-8,11H,4,9-10H2,1-3H3,(H,16,17). The van der Waals surface area contributed by atoms with E-state index in [-0.39, 0.29) is 0 Å². The molecule has 0 aliphatic rings. The van der Waals surface area contributed by atoms with Gasteiger partial charge in [0, 0.05) is 6.54 Å². The first kappa shape index (κ1) is 13.7. The van der Waals surface area contributed by atoms with Crippen LogP contribution in [-0.2, 0) is 17.6 Å². The van der Waals surface area contributed by atoms with Crippen molar-refractivity contribution in [2.75, 3.05) is 13.6 Å². The fourth-order valence-corrected chi connectivity index (χ4v) is 1.63. The van der Waals surface area contributed by atoms with E-state index < -0.39 is 12.0 Å². The van der Waals surface area contributed by atoms with Crippen LogP contribution in [0, 0.1) is 0 Å². The molecule has 0 bridgehead atoms. The molecule has 1 rings (SSSR count). The molecule has 0 saturated carbocycles. The Morgan fingerprint density at radius 2 is 1.82 bits per heavy atom. The molecule has 0 saturated heterocycles. The highest BCUT2D eigenvalue weighted by Crippen LogP contribution is 2.07. The third-order valence-electron chi connectivity index (χ3n) is 3.20. The van der Waals surface area contributed by atoms with Crippen LogP contribution in [0.5, 0.6) is 0 Å². The molecule has 3 heteroatoms. The van der Waals surface area contributed by atoms with Crippen molar-refractivity contribution in [1.29, 1.82) is 0 Å². The largest absolute Gasteiger partial charge is 0.480 e. The number of hydrogen-bond donors (Lipinski definition) is 1. The molecule has 3 nitrogen and oxygen atoms in total. The maximum absolute atomic E-state index is 10.8. The number of carboxylic acids is 1. The fraction of sp³-hybridized carbons (Fsp3) is 0.500. The summed E-state index contributed by atoms with van der Waals surface area (Å²) in [6.45, 7) is 4.61. The van der Waals surface area contributed by atoms with Gasteiger partial charge in [-0.2, -0.15) is 0 Å². The number of likely N-dealkylation sites (N-methyl/N-ethyl adjacent to an activating group) is 1. The molecule has 0 spiro atoms. The summed E-state index contributed by atoms with van der Waals surface area (Å²) < 4.78 is 0. The minimum atomic E-state index is -0.770. The SMILES string of the molecule is CCc1ccc(CCN(C)C(C)C(=O)O)cc1. The summed E-state index contributed by atoms with van der Waals surface area (Å²) in [5.74, 6) is -0.770. The lowest BCUT2D eigenvalue weighted by molar-refractivity contribution is -0.142. The average molecular weight is 235 g/mol. The monoisotopic (exact) mass is 235 g/mol. The molecule has 0 fully saturated rings. The molecule has 1 unspecified atom stereocenters. The van der Waals surface area contributed by atoms with E-state index in [4.69, 9.17) is 5.11 Å². The third-order valence-corrected chi connectivity index (χ3v) is 3.20. The van der Waals surface area contributed by atoms with E-state index in [1.807, 2.05) is 11.9 Å². The van der Waals surface area contributed by atoms with Gasteiger partial charge in [0.15, 0.2) is 0 Å². The molecular formula is C14H21NO2. The van der Waals surface area contributed by atoms with Crippen molar-refractivity contribution >= 4 is 5.97 Å². The van der Waals surface area contributed by atoms with E-state index in [1.54, 1.807) is 6.92 Å². The van der Waals surface area contributed by atoms with Crippen molar-refractivity contribution in [3.63, 3.8) is 0 Å². The van der Waals surface area contributed by atoms with E-state index in [0.717, 1.165) is 19.4 Å². The van der Waals surface area contributed by atoms with E-state index in [9.17, 15) is 4.79 Å². The van der Waals surface area contributed by atoms with Gasteiger partial charge >= 0.3 is 5.97 Å². The Hall–Kier alpha value is -1.35. The number of aliphatic carboxylic acids is 1. The quantitative estimate of drug-likeness (QED) is 0.821. The Morgan fingerprint density at radius 1 is 1.29 bits per heavy atom. The summed E-state index contributed by atoms with van der Waals surface area (Å²) >= 11 is 0. The molecule has 17 heavy (non-hydrogen) atoms. The number of rotatable bonds is 6. The third kappa shape index (κ3) is 4.19. The predicted molar refractivity (Wildman–Crippen MR) is 69.3 cm³/mol. The van der Waals surface area contributed by atoms with Crippen molar-refractivity contribution in [1.82, 2.24) is 4.90 Å². The molecule has 1 aromatic rings. The van der Waals surface area contributed by atoms with Crippen LogP contribution < -0.4 is 0 Å². The lowest BCUT2D eigenvalue weighted by Crippen LogP contribution is -2.37. The summed E-state index contributed by atoms with van der Waals surface area (Å²) in [4.78, 5) is 12.7. The first-order valence-electron chi connectivity index (χ1n) is 6.05. The number of carboxylic acid groups (broad SMARTS) is 1. The van der Waals surface area contributed by atoms with Crippen LogP contribution in [-0.4, -0.2) is 35.6 Å². The molecule has 1 aromatic carbocycles. The summed E-state index contributed by atoms with van der Waals surface area (Å²) in [6, 6.07) is 8.09. The molecular weight excluding hydrogens is 214 g/mol. The zero-order chi connectivity index (χ0) is 12.8.